The molecule has 0 N–H and O–H groups in total. The van der Waals surface area contributed by atoms with Crippen molar-refractivity contribution < 1.29 is 31.5 Å². The maximum absolute atomic E-state index is 13.1. The van der Waals surface area contributed by atoms with Crippen LogP contribution in [0, 0.1) is 0 Å². The Morgan fingerprint density at radius 3 is 1.56 bits per heavy atom. The third-order valence-electron chi connectivity index (χ3n) is 6.82. The van der Waals surface area contributed by atoms with Crippen molar-refractivity contribution in [2.24, 2.45) is 0 Å². The monoisotopic (exact) mass is 536 g/mol. The van der Waals surface area contributed by atoms with E-state index in [0.29, 0.717) is 6.61 Å². The van der Waals surface area contributed by atoms with E-state index in [0.717, 1.165) is 38.5 Å². The highest BCUT2D eigenvalue weighted by molar-refractivity contribution is 6.91. The molecule has 0 aliphatic carbocycles. The van der Waals surface area contributed by atoms with Crippen molar-refractivity contribution in [2.75, 3.05) is 41.7 Å². The van der Waals surface area contributed by atoms with Crippen LogP contribution in [-0.4, -0.2) is 72.7 Å². The van der Waals surface area contributed by atoms with Crippen LogP contribution in [0.5, 0.6) is 0 Å². The molecule has 1 aromatic rings. The molecule has 0 aliphatic heterocycles. The van der Waals surface area contributed by atoms with E-state index < -0.39 is 37.7 Å². The molecule has 10 heteroatoms. The van der Waals surface area contributed by atoms with Crippen LogP contribution < -0.4 is 10.4 Å². The number of hydrogen-bond donors (Lipinski definition) is 0. The first-order chi connectivity index (χ1) is 15.9. The molecule has 0 radical (unpaired) electrons. The molecule has 198 valence electrons. The minimum atomic E-state index is -3.20. The maximum atomic E-state index is 13.1. The average Bonchev–Trinajstić information content (AvgIpc) is 2.81. The third kappa shape index (κ3) is 10.3. The summed E-state index contributed by atoms with van der Waals surface area (Å²) in [5.74, 6) is 0. The fraction of sp³-hybridized carbons (Fsp3) is 0.750. The van der Waals surface area contributed by atoms with Gasteiger partial charge in [0.25, 0.3) is 0 Å². The van der Waals surface area contributed by atoms with Crippen molar-refractivity contribution in [3.63, 3.8) is 0 Å². The number of methoxy groups -OCH3 is 1. The molecular weight excluding hydrogens is 491 g/mol. The van der Waals surface area contributed by atoms with E-state index in [1.807, 2.05) is 0 Å². The first-order valence-corrected chi connectivity index (χ1v) is 20.5. The Hall–Kier alpha value is -0.469. The number of rotatable bonds is 18. The molecule has 0 aromatic heterocycles. The summed E-state index contributed by atoms with van der Waals surface area (Å²) in [5, 5.41) is 2.89. The second kappa shape index (κ2) is 14.3. The highest BCUT2D eigenvalue weighted by Crippen LogP contribution is 2.21. The molecule has 34 heavy (non-hydrogen) atoms. The van der Waals surface area contributed by atoms with Gasteiger partial charge in [-0.15, -0.1) is 0 Å². The van der Waals surface area contributed by atoms with Crippen LogP contribution in [0.2, 0.25) is 44.3 Å². The second-order valence-corrected chi connectivity index (χ2v) is 23.0. The Morgan fingerprint density at radius 1 is 0.676 bits per heavy atom. The van der Waals surface area contributed by atoms with E-state index in [1.165, 1.54) is 22.8 Å². The van der Waals surface area contributed by atoms with Gasteiger partial charge in [0.2, 0.25) is 0 Å². The molecule has 0 atom stereocenters. The summed E-state index contributed by atoms with van der Waals surface area (Å²) < 4.78 is 51.9. The molecule has 1 aromatic carbocycles. The van der Waals surface area contributed by atoms with Crippen LogP contribution in [0.25, 0.3) is 0 Å². The molecule has 0 bridgehead atoms. The lowest BCUT2D eigenvalue weighted by atomic mass is 10.3. The Balaban J connectivity index is 2.51. The van der Waals surface area contributed by atoms with Crippen molar-refractivity contribution in [1.29, 1.82) is 0 Å². The first-order valence-electron chi connectivity index (χ1n) is 12.1. The summed E-state index contributed by atoms with van der Waals surface area (Å²) in [4.78, 5) is 0. The fourth-order valence-corrected chi connectivity index (χ4v) is 10.8. The number of ether oxygens (including phenoxy) is 2. The first kappa shape index (κ1) is 31.6. The molecule has 0 unspecified atom stereocenters. The van der Waals surface area contributed by atoms with Crippen molar-refractivity contribution in [3.05, 3.63) is 24.3 Å². The van der Waals surface area contributed by atoms with Gasteiger partial charge in [-0.3, -0.25) is 0 Å². The lowest BCUT2D eigenvalue weighted by molar-refractivity contribution is -0.249. The minimum absolute atomic E-state index is 0.330. The molecule has 0 heterocycles. The van der Waals surface area contributed by atoms with E-state index >= 15 is 0 Å². The normalized spacial score (nSPS) is 13.5. The van der Waals surface area contributed by atoms with Crippen LogP contribution in [0.15, 0.2) is 24.3 Å². The van der Waals surface area contributed by atoms with Crippen molar-refractivity contribution in [2.45, 2.75) is 76.1 Å². The fourth-order valence-electron chi connectivity index (χ4n) is 4.17. The van der Waals surface area contributed by atoms with Crippen LogP contribution >= 0.6 is 0 Å². The van der Waals surface area contributed by atoms with Crippen molar-refractivity contribution >= 4 is 35.3 Å². The highest BCUT2D eigenvalue weighted by Gasteiger charge is 2.37. The van der Waals surface area contributed by atoms with Gasteiger partial charge in [-0.1, -0.05) is 85.8 Å². The molecule has 0 spiro atoms. The summed E-state index contributed by atoms with van der Waals surface area (Å²) in [5.41, 5.74) is 0. The topological polar surface area (TPSA) is 46.2 Å². The average molecular weight is 537 g/mol. The number of halogens is 2. The van der Waals surface area contributed by atoms with Gasteiger partial charge >= 0.3 is 14.9 Å². The minimum Gasteiger partial charge on any atom is -0.377 e. The Kier molecular flexibility index (Phi) is 13.3. The van der Waals surface area contributed by atoms with Gasteiger partial charge in [-0.2, -0.15) is 8.78 Å². The third-order valence-corrected chi connectivity index (χ3v) is 16.7. The molecular formula is C24H46F2O5Si3. The molecule has 1 rings (SSSR count). The predicted molar refractivity (Wildman–Crippen MR) is 143 cm³/mol. The SMILES string of the molecule is COC(F)(F)COCCC[Si](C)(C)c1ccc([Si](C)(C)CCCCC[Si](OC)(OC)OC)cc1. The van der Waals surface area contributed by atoms with Crippen LogP contribution in [0.1, 0.15) is 25.7 Å². The predicted octanol–water partition coefficient (Wildman–Crippen LogP) is 5.21. The van der Waals surface area contributed by atoms with Crippen LogP contribution in [-0.2, 0) is 22.8 Å². The van der Waals surface area contributed by atoms with E-state index in [4.69, 9.17) is 18.0 Å². The molecule has 0 saturated heterocycles. The smallest absolute Gasteiger partial charge is 0.377 e. The van der Waals surface area contributed by atoms with Crippen molar-refractivity contribution in [1.82, 2.24) is 0 Å². The van der Waals surface area contributed by atoms with Gasteiger partial charge in [-0.05, 0) is 12.8 Å². The van der Waals surface area contributed by atoms with Crippen LogP contribution in [0.3, 0.4) is 0 Å². The summed E-state index contributed by atoms with van der Waals surface area (Å²) in [6, 6.07) is 12.3. The highest BCUT2D eigenvalue weighted by atomic mass is 28.4. The van der Waals surface area contributed by atoms with E-state index in [1.54, 1.807) is 21.3 Å². The molecule has 0 amide bonds. The number of benzene rings is 1. The quantitative estimate of drug-likeness (QED) is 0.190. The molecule has 0 saturated carbocycles. The zero-order valence-corrected chi connectivity index (χ0v) is 25.5. The van der Waals surface area contributed by atoms with Gasteiger partial charge < -0.3 is 22.8 Å². The lowest BCUT2D eigenvalue weighted by Gasteiger charge is -2.27. The number of alkyl halides is 2. The van der Waals surface area contributed by atoms with Gasteiger partial charge in [0, 0.05) is 41.1 Å². The van der Waals surface area contributed by atoms with Gasteiger partial charge in [-0.25, -0.2) is 0 Å². The standard InChI is InChI=1S/C24H46F2O5Si3/c1-27-24(25,26)21-31-17-12-19-33(7,8)23-15-13-22(14-16-23)32(5,6)18-10-9-11-20-34(28-2,29-3)30-4/h13-16H,9-12,17-21H2,1-8H3. The van der Waals surface area contributed by atoms with E-state index in [-0.39, 0.29) is 0 Å². The summed E-state index contributed by atoms with van der Waals surface area (Å²) in [7, 11) is 0.381. The summed E-state index contributed by atoms with van der Waals surface area (Å²) in [6.07, 6.45) is 0.977. The van der Waals surface area contributed by atoms with Gasteiger partial charge in [0.05, 0.1) is 16.1 Å². The van der Waals surface area contributed by atoms with E-state index in [9.17, 15) is 8.78 Å². The largest absolute Gasteiger partial charge is 0.500 e. The molecule has 0 aliphatic rings. The Bertz CT molecular complexity index is 690. The lowest BCUT2D eigenvalue weighted by Crippen LogP contribution is -2.45. The molecule has 5 nitrogen and oxygen atoms in total. The summed E-state index contributed by atoms with van der Waals surface area (Å²) in [6.45, 7) is 9.19. The second-order valence-electron chi connectivity index (χ2n) is 10.2. The zero-order chi connectivity index (χ0) is 25.9. The van der Waals surface area contributed by atoms with Gasteiger partial charge in [0.15, 0.2) is 0 Å². The maximum Gasteiger partial charge on any atom is 0.500 e. The van der Waals surface area contributed by atoms with E-state index in [2.05, 4.69) is 55.2 Å². The van der Waals surface area contributed by atoms with Crippen molar-refractivity contribution in [3.8, 4) is 0 Å². The summed E-state index contributed by atoms with van der Waals surface area (Å²) >= 11 is 0. The number of unbranched alkanes of at least 4 members (excludes halogenated alkanes) is 2. The van der Waals surface area contributed by atoms with Crippen LogP contribution in [0.4, 0.5) is 8.78 Å². The molecule has 0 fully saturated rings. The Morgan fingerprint density at radius 2 is 1.12 bits per heavy atom. The number of hydrogen-bond acceptors (Lipinski definition) is 5. The van der Waals surface area contributed by atoms with Gasteiger partial charge in [0.1, 0.15) is 6.61 Å². The Labute approximate surface area is 208 Å². The zero-order valence-electron chi connectivity index (χ0n) is 22.5.